The number of nitrogens with one attached hydrogen (secondary N) is 1. The smallest absolute Gasteiger partial charge is 0.185 e. The highest BCUT2D eigenvalue weighted by Crippen LogP contribution is 2.45. The summed E-state index contributed by atoms with van der Waals surface area (Å²) in [6.07, 6.45) is 0. The van der Waals surface area contributed by atoms with Crippen molar-refractivity contribution >= 4 is 37.7 Å². The molecule has 0 saturated heterocycles. The number of ether oxygens (including phenoxy) is 4. The van der Waals surface area contributed by atoms with Gasteiger partial charge in [0.25, 0.3) is 0 Å². The number of methoxy groups -OCH3 is 4. The topological polar surface area (TPSA) is 52.7 Å². The number of rotatable bonds is 4. The van der Waals surface area contributed by atoms with Crippen molar-refractivity contribution in [2.24, 2.45) is 0 Å². The largest absolute Gasteiger partial charge is 0.493 e. The number of halogens is 1. The lowest BCUT2D eigenvalue weighted by molar-refractivity contribution is 0.356. The van der Waals surface area contributed by atoms with Crippen LogP contribution in [0.2, 0.25) is 0 Å². The summed E-state index contributed by atoms with van der Waals surface area (Å²) in [5.41, 5.74) is 1.79. The van der Waals surface area contributed by atoms with E-state index >= 15 is 0 Å². The van der Waals surface area contributed by atoms with Crippen molar-refractivity contribution in [1.29, 1.82) is 0 Å². The van der Waals surface area contributed by atoms with Gasteiger partial charge in [-0.25, -0.2) is 0 Å². The highest BCUT2D eigenvalue weighted by molar-refractivity contribution is 9.10. The van der Waals surface area contributed by atoms with Gasteiger partial charge in [-0.05, 0) is 28.1 Å². The molecule has 22 heavy (non-hydrogen) atoms. The zero-order valence-corrected chi connectivity index (χ0v) is 14.3. The molecule has 3 rings (SSSR count). The summed E-state index contributed by atoms with van der Waals surface area (Å²) in [4.78, 5) is 3.37. The molecule has 1 N–H and O–H groups in total. The molecule has 5 nitrogen and oxygen atoms in total. The normalized spacial score (nSPS) is 11.0. The van der Waals surface area contributed by atoms with Crippen molar-refractivity contribution in [3.05, 3.63) is 22.7 Å². The molecule has 2 aromatic carbocycles. The summed E-state index contributed by atoms with van der Waals surface area (Å²) in [7, 11) is 6.48. The highest BCUT2D eigenvalue weighted by atomic mass is 79.9. The Labute approximate surface area is 136 Å². The molecule has 0 radical (unpaired) electrons. The van der Waals surface area contributed by atoms with Crippen molar-refractivity contribution in [3.63, 3.8) is 0 Å². The summed E-state index contributed by atoms with van der Waals surface area (Å²) in [6.45, 7) is 0. The molecule has 0 aliphatic heterocycles. The van der Waals surface area contributed by atoms with Gasteiger partial charge in [0.1, 0.15) is 0 Å². The van der Waals surface area contributed by atoms with Crippen LogP contribution in [0.25, 0.3) is 21.8 Å². The minimum absolute atomic E-state index is 0.660. The molecular formula is C16H16BrNO4. The molecule has 0 aliphatic carbocycles. The summed E-state index contributed by atoms with van der Waals surface area (Å²) in [6, 6.07) is 5.75. The van der Waals surface area contributed by atoms with Crippen LogP contribution < -0.4 is 18.9 Å². The van der Waals surface area contributed by atoms with Crippen LogP contribution >= 0.6 is 15.9 Å². The number of fused-ring (bicyclic) bond motifs is 3. The Morgan fingerprint density at radius 3 is 2.05 bits per heavy atom. The zero-order chi connectivity index (χ0) is 15.9. The van der Waals surface area contributed by atoms with Gasteiger partial charge >= 0.3 is 0 Å². The van der Waals surface area contributed by atoms with Gasteiger partial charge < -0.3 is 23.9 Å². The molecule has 0 aliphatic rings. The Morgan fingerprint density at radius 2 is 1.45 bits per heavy atom. The fraction of sp³-hybridized carbons (Fsp3) is 0.250. The van der Waals surface area contributed by atoms with Crippen LogP contribution in [0.5, 0.6) is 23.0 Å². The van der Waals surface area contributed by atoms with Crippen molar-refractivity contribution in [1.82, 2.24) is 4.98 Å². The number of aromatic nitrogens is 1. The maximum Gasteiger partial charge on any atom is 0.185 e. The fourth-order valence-corrected chi connectivity index (χ4v) is 3.29. The van der Waals surface area contributed by atoms with Gasteiger partial charge in [0.05, 0.1) is 39.5 Å². The second-order valence-corrected chi connectivity index (χ2v) is 5.58. The van der Waals surface area contributed by atoms with Crippen LogP contribution in [0.3, 0.4) is 0 Å². The number of benzene rings is 2. The minimum atomic E-state index is 0.660. The van der Waals surface area contributed by atoms with E-state index in [4.69, 9.17) is 18.9 Å². The van der Waals surface area contributed by atoms with Gasteiger partial charge in [0.2, 0.25) is 0 Å². The van der Waals surface area contributed by atoms with E-state index in [1.54, 1.807) is 28.4 Å². The van der Waals surface area contributed by atoms with Crippen LogP contribution in [0, 0.1) is 0 Å². The van der Waals surface area contributed by atoms with Gasteiger partial charge in [0, 0.05) is 21.3 Å². The minimum Gasteiger partial charge on any atom is -0.493 e. The first kappa shape index (κ1) is 14.8. The summed E-state index contributed by atoms with van der Waals surface area (Å²) < 4.78 is 22.6. The Bertz CT molecular complexity index is 857. The third-order valence-electron chi connectivity index (χ3n) is 3.67. The summed E-state index contributed by atoms with van der Waals surface area (Å²) in [5.74, 6) is 2.67. The summed E-state index contributed by atoms with van der Waals surface area (Å²) >= 11 is 3.61. The molecule has 3 aromatic rings. The first-order valence-corrected chi connectivity index (χ1v) is 7.41. The lowest BCUT2D eigenvalue weighted by Crippen LogP contribution is -1.91. The Hall–Kier alpha value is -2.08. The first-order chi connectivity index (χ1) is 10.6. The van der Waals surface area contributed by atoms with Gasteiger partial charge in [-0.3, -0.25) is 0 Å². The van der Waals surface area contributed by atoms with E-state index in [2.05, 4.69) is 20.9 Å². The van der Waals surface area contributed by atoms with E-state index in [0.29, 0.717) is 23.0 Å². The quantitative estimate of drug-likeness (QED) is 0.755. The van der Waals surface area contributed by atoms with E-state index in [9.17, 15) is 0 Å². The molecule has 1 heterocycles. The number of H-pyrrole nitrogens is 1. The third kappa shape index (κ3) is 2.06. The molecule has 0 unspecified atom stereocenters. The maximum absolute atomic E-state index is 5.51. The molecule has 1 aromatic heterocycles. The molecule has 116 valence electrons. The van der Waals surface area contributed by atoms with Gasteiger partial charge in [-0.15, -0.1) is 0 Å². The van der Waals surface area contributed by atoms with Crippen molar-refractivity contribution in [2.45, 2.75) is 0 Å². The lowest BCUT2D eigenvalue weighted by Gasteiger charge is -2.10. The van der Waals surface area contributed by atoms with E-state index in [1.165, 1.54) is 0 Å². The number of aromatic amines is 1. The van der Waals surface area contributed by atoms with Crippen molar-refractivity contribution in [3.8, 4) is 23.0 Å². The predicted octanol–water partition coefficient (Wildman–Crippen LogP) is 4.12. The Kier molecular flexibility index (Phi) is 3.78. The van der Waals surface area contributed by atoms with Crippen molar-refractivity contribution < 1.29 is 18.9 Å². The van der Waals surface area contributed by atoms with Crippen molar-refractivity contribution in [2.75, 3.05) is 28.4 Å². The molecule has 0 spiro atoms. The average Bonchev–Trinajstić information content (AvgIpc) is 2.91. The molecule has 0 amide bonds. The first-order valence-electron chi connectivity index (χ1n) is 6.62. The third-order valence-corrected chi connectivity index (χ3v) is 4.30. The second-order valence-electron chi connectivity index (χ2n) is 4.72. The van der Waals surface area contributed by atoms with E-state index < -0.39 is 0 Å². The molecule has 0 fully saturated rings. The standard InChI is InChI=1S/C16H16BrNO4/c1-19-11-5-8-10(7-12(11)20-2)18-15-14(8)9(17)6-13(21-3)16(15)22-4/h5-7,18H,1-4H3. The van der Waals surface area contributed by atoms with E-state index in [1.807, 2.05) is 18.2 Å². The highest BCUT2D eigenvalue weighted by Gasteiger charge is 2.19. The van der Waals surface area contributed by atoms with Gasteiger partial charge in [-0.2, -0.15) is 0 Å². The Balaban J connectivity index is 2.46. The maximum atomic E-state index is 5.51. The average molecular weight is 366 g/mol. The molecular weight excluding hydrogens is 350 g/mol. The monoisotopic (exact) mass is 365 g/mol. The Morgan fingerprint density at radius 1 is 0.818 bits per heavy atom. The van der Waals surface area contributed by atoms with Crippen LogP contribution in [-0.4, -0.2) is 33.4 Å². The van der Waals surface area contributed by atoms with Crippen LogP contribution in [0.15, 0.2) is 22.7 Å². The van der Waals surface area contributed by atoms with Crippen LogP contribution in [0.4, 0.5) is 0 Å². The lowest BCUT2D eigenvalue weighted by atomic mass is 10.1. The molecule has 0 saturated carbocycles. The van der Waals surface area contributed by atoms with E-state index in [-0.39, 0.29) is 0 Å². The zero-order valence-electron chi connectivity index (χ0n) is 12.7. The number of hydrogen-bond acceptors (Lipinski definition) is 4. The predicted molar refractivity (Wildman–Crippen MR) is 89.7 cm³/mol. The molecule has 0 bridgehead atoms. The van der Waals surface area contributed by atoms with E-state index in [0.717, 1.165) is 26.3 Å². The van der Waals surface area contributed by atoms with Gasteiger partial charge in [0.15, 0.2) is 23.0 Å². The second kappa shape index (κ2) is 5.61. The fourth-order valence-electron chi connectivity index (χ4n) is 2.67. The summed E-state index contributed by atoms with van der Waals surface area (Å²) in [5, 5.41) is 2.02. The van der Waals surface area contributed by atoms with Crippen LogP contribution in [-0.2, 0) is 0 Å². The molecule has 0 atom stereocenters. The SMILES string of the molecule is COc1cc2[nH]c3c(OC)c(OC)cc(Br)c3c2cc1OC. The van der Waals surface area contributed by atoms with Crippen LogP contribution in [0.1, 0.15) is 0 Å². The van der Waals surface area contributed by atoms with Gasteiger partial charge in [-0.1, -0.05) is 0 Å². The molecule has 6 heteroatoms. The number of hydrogen-bond donors (Lipinski definition) is 1.